The van der Waals surface area contributed by atoms with E-state index in [1.54, 1.807) is 12.1 Å². The Hall–Kier alpha value is -1.06. The summed E-state index contributed by atoms with van der Waals surface area (Å²) in [6, 6.07) is 7.47. The Kier molecular flexibility index (Phi) is 6.76. The molecule has 0 saturated carbocycles. The van der Waals surface area contributed by atoms with Crippen LogP contribution in [0, 0.1) is 5.92 Å². The summed E-state index contributed by atoms with van der Waals surface area (Å²) in [6.45, 7) is 6.52. The van der Waals surface area contributed by atoms with Crippen LogP contribution < -0.4 is 11.1 Å². The van der Waals surface area contributed by atoms with E-state index in [0.29, 0.717) is 5.75 Å². The lowest BCUT2D eigenvalue weighted by atomic mass is 10.0. The minimum Gasteiger partial charge on any atom is -0.508 e. The Bertz CT molecular complexity index is 322. The number of aromatic hydroxyl groups is 1. The molecule has 0 fully saturated rings. The van der Waals surface area contributed by atoms with E-state index in [1.165, 1.54) is 12.0 Å². The molecule has 0 aliphatic carbocycles. The van der Waals surface area contributed by atoms with E-state index >= 15 is 0 Å². The van der Waals surface area contributed by atoms with Crippen LogP contribution in [0.15, 0.2) is 24.3 Å². The monoisotopic (exact) mass is 250 g/mol. The van der Waals surface area contributed by atoms with Gasteiger partial charge in [0, 0.05) is 6.04 Å². The van der Waals surface area contributed by atoms with Gasteiger partial charge in [0.2, 0.25) is 0 Å². The van der Waals surface area contributed by atoms with Crippen molar-refractivity contribution >= 4 is 0 Å². The lowest BCUT2D eigenvalue weighted by Gasteiger charge is -2.13. The molecular formula is C15H26N2O. The average Bonchev–Trinajstić information content (AvgIpc) is 2.31. The van der Waals surface area contributed by atoms with Crippen LogP contribution in [0.4, 0.5) is 0 Å². The molecule has 1 aromatic rings. The fraction of sp³-hybridized carbons (Fsp3) is 0.600. The van der Waals surface area contributed by atoms with E-state index in [4.69, 9.17) is 5.73 Å². The van der Waals surface area contributed by atoms with Gasteiger partial charge in [-0.2, -0.15) is 0 Å². The second-order valence-corrected chi connectivity index (χ2v) is 5.35. The quantitative estimate of drug-likeness (QED) is 0.620. The summed E-state index contributed by atoms with van der Waals surface area (Å²) in [5.74, 6) is 1.06. The average molecular weight is 250 g/mol. The van der Waals surface area contributed by atoms with E-state index in [-0.39, 0.29) is 6.04 Å². The Morgan fingerprint density at radius 1 is 1.11 bits per heavy atom. The lowest BCUT2D eigenvalue weighted by Crippen LogP contribution is -2.29. The predicted octanol–water partition coefficient (Wildman–Crippen LogP) is 2.29. The van der Waals surface area contributed by atoms with Gasteiger partial charge in [0.15, 0.2) is 0 Å². The summed E-state index contributed by atoms with van der Waals surface area (Å²) in [7, 11) is 0. The largest absolute Gasteiger partial charge is 0.508 e. The standard InChI is InChI=1S/C15H26N2O/c1-12(2)7-9-17-10-8-14(16)11-13-3-5-15(18)6-4-13/h3-6,12,14,17-18H,7-11,16H2,1-2H3/t14-/m0/s1. The van der Waals surface area contributed by atoms with Crippen LogP contribution in [0.5, 0.6) is 5.75 Å². The van der Waals surface area contributed by atoms with Crippen molar-refractivity contribution in [2.24, 2.45) is 11.7 Å². The first-order chi connectivity index (χ1) is 8.58. The van der Waals surface area contributed by atoms with Crippen molar-refractivity contribution in [2.45, 2.75) is 39.2 Å². The topological polar surface area (TPSA) is 58.3 Å². The molecule has 18 heavy (non-hydrogen) atoms. The van der Waals surface area contributed by atoms with Gasteiger partial charge in [-0.1, -0.05) is 26.0 Å². The van der Waals surface area contributed by atoms with Gasteiger partial charge in [0.1, 0.15) is 5.75 Å². The highest BCUT2D eigenvalue weighted by Crippen LogP contribution is 2.11. The zero-order valence-corrected chi connectivity index (χ0v) is 11.5. The van der Waals surface area contributed by atoms with Gasteiger partial charge in [-0.05, 0) is 56.0 Å². The number of nitrogens with one attached hydrogen (secondary N) is 1. The molecule has 0 amide bonds. The van der Waals surface area contributed by atoms with Crippen LogP contribution in [0.3, 0.4) is 0 Å². The highest BCUT2D eigenvalue weighted by molar-refractivity contribution is 5.26. The van der Waals surface area contributed by atoms with Gasteiger partial charge in [0.05, 0.1) is 0 Å². The van der Waals surface area contributed by atoms with Gasteiger partial charge in [-0.15, -0.1) is 0 Å². The van der Waals surface area contributed by atoms with Crippen LogP contribution in [-0.2, 0) is 6.42 Å². The first-order valence-electron chi connectivity index (χ1n) is 6.82. The van der Waals surface area contributed by atoms with Gasteiger partial charge in [-0.25, -0.2) is 0 Å². The second-order valence-electron chi connectivity index (χ2n) is 5.35. The molecule has 0 bridgehead atoms. The summed E-state index contributed by atoms with van der Waals surface area (Å²) in [6.07, 6.45) is 3.07. The molecule has 0 saturated heterocycles. The van der Waals surface area contributed by atoms with Gasteiger partial charge in [0.25, 0.3) is 0 Å². The molecule has 1 aromatic carbocycles. The maximum absolute atomic E-state index is 9.19. The molecule has 0 spiro atoms. The third-order valence-corrected chi connectivity index (χ3v) is 3.02. The molecule has 0 aliphatic heterocycles. The van der Waals surface area contributed by atoms with Crippen LogP contribution in [0.25, 0.3) is 0 Å². The van der Waals surface area contributed by atoms with E-state index < -0.39 is 0 Å². The van der Waals surface area contributed by atoms with Crippen molar-refractivity contribution in [2.75, 3.05) is 13.1 Å². The Morgan fingerprint density at radius 2 is 1.72 bits per heavy atom. The lowest BCUT2D eigenvalue weighted by molar-refractivity contribution is 0.474. The van der Waals surface area contributed by atoms with Crippen molar-refractivity contribution < 1.29 is 5.11 Å². The Balaban J connectivity index is 2.13. The summed E-state index contributed by atoms with van der Waals surface area (Å²) < 4.78 is 0. The molecule has 0 unspecified atom stereocenters. The molecule has 1 atom stereocenters. The smallest absolute Gasteiger partial charge is 0.115 e. The number of benzene rings is 1. The Labute approximate surface area is 110 Å². The fourth-order valence-corrected chi connectivity index (χ4v) is 1.84. The highest BCUT2D eigenvalue weighted by Gasteiger charge is 2.04. The second kappa shape index (κ2) is 8.11. The van der Waals surface area contributed by atoms with Gasteiger partial charge < -0.3 is 16.2 Å². The minimum atomic E-state index is 0.182. The zero-order valence-electron chi connectivity index (χ0n) is 11.5. The van der Waals surface area contributed by atoms with Gasteiger partial charge >= 0.3 is 0 Å². The van der Waals surface area contributed by atoms with Crippen molar-refractivity contribution in [3.8, 4) is 5.75 Å². The number of hydrogen-bond donors (Lipinski definition) is 3. The number of rotatable bonds is 8. The summed E-state index contributed by atoms with van der Waals surface area (Å²) >= 11 is 0. The van der Waals surface area contributed by atoms with Crippen LogP contribution in [0.2, 0.25) is 0 Å². The van der Waals surface area contributed by atoms with Crippen molar-refractivity contribution in [3.05, 3.63) is 29.8 Å². The van der Waals surface area contributed by atoms with E-state index in [2.05, 4.69) is 19.2 Å². The molecule has 3 nitrogen and oxygen atoms in total. The summed E-state index contributed by atoms with van der Waals surface area (Å²) in [5, 5.41) is 12.6. The molecule has 0 radical (unpaired) electrons. The maximum atomic E-state index is 9.19. The van der Waals surface area contributed by atoms with Crippen LogP contribution in [-0.4, -0.2) is 24.2 Å². The normalized spacial score (nSPS) is 12.9. The van der Waals surface area contributed by atoms with Crippen molar-refractivity contribution in [1.82, 2.24) is 5.32 Å². The fourth-order valence-electron chi connectivity index (χ4n) is 1.84. The van der Waals surface area contributed by atoms with E-state index in [0.717, 1.165) is 31.8 Å². The molecule has 3 heteroatoms. The number of nitrogens with two attached hydrogens (primary N) is 1. The number of phenolic OH excluding ortho intramolecular Hbond substituents is 1. The maximum Gasteiger partial charge on any atom is 0.115 e. The summed E-state index contributed by atoms with van der Waals surface area (Å²) in [4.78, 5) is 0. The summed E-state index contributed by atoms with van der Waals surface area (Å²) in [5.41, 5.74) is 7.27. The third-order valence-electron chi connectivity index (χ3n) is 3.02. The molecule has 1 rings (SSSR count). The molecular weight excluding hydrogens is 224 g/mol. The molecule has 0 aromatic heterocycles. The van der Waals surface area contributed by atoms with Crippen LogP contribution >= 0.6 is 0 Å². The van der Waals surface area contributed by atoms with Crippen molar-refractivity contribution in [1.29, 1.82) is 0 Å². The molecule has 4 N–H and O–H groups in total. The van der Waals surface area contributed by atoms with Crippen LogP contribution in [0.1, 0.15) is 32.3 Å². The highest BCUT2D eigenvalue weighted by atomic mass is 16.3. The Morgan fingerprint density at radius 3 is 2.33 bits per heavy atom. The SMILES string of the molecule is CC(C)CCNCC[C@H](N)Cc1ccc(O)cc1. The van der Waals surface area contributed by atoms with Crippen molar-refractivity contribution in [3.63, 3.8) is 0 Å². The third kappa shape index (κ3) is 6.62. The van der Waals surface area contributed by atoms with E-state index in [1.807, 2.05) is 12.1 Å². The first-order valence-corrected chi connectivity index (χ1v) is 6.82. The molecule has 102 valence electrons. The molecule has 0 aliphatic rings. The minimum absolute atomic E-state index is 0.182. The predicted molar refractivity (Wildman–Crippen MR) is 76.7 cm³/mol. The van der Waals surface area contributed by atoms with Gasteiger partial charge in [-0.3, -0.25) is 0 Å². The first kappa shape index (κ1) is 15.0. The zero-order chi connectivity index (χ0) is 13.4. The molecule has 0 heterocycles. The number of phenols is 1. The van der Waals surface area contributed by atoms with E-state index in [9.17, 15) is 5.11 Å². The number of hydrogen-bond acceptors (Lipinski definition) is 3.